The zero-order valence-electron chi connectivity index (χ0n) is 22.9. The zero-order chi connectivity index (χ0) is 29.2. The second-order valence-electron chi connectivity index (χ2n) is 12.2. The van der Waals surface area contributed by atoms with Gasteiger partial charge < -0.3 is 0 Å². The summed E-state index contributed by atoms with van der Waals surface area (Å²) < 4.78 is 67.5. The number of nitrogens with one attached hydrogen (secondary N) is 2. The van der Waals surface area contributed by atoms with Gasteiger partial charge in [-0.2, -0.15) is 0 Å². The van der Waals surface area contributed by atoms with Crippen LogP contribution in [0.3, 0.4) is 0 Å². The molecule has 2 aliphatic heterocycles. The van der Waals surface area contributed by atoms with Crippen LogP contribution in [0.1, 0.15) is 62.7 Å². The predicted molar refractivity (Wildman–Crippen MR) is 155 cm³/mol. The molecule has 2 aromatic rings. The molecule has 0 saturated carbocycles. The van der Waals surface area contributed by atoms with Crippen molar-refractivity contribution in [3.63, 3.8) is 0 Å². The fourth-order valence-corrected chi connectivity index (χ4v) is 15.7. The third-order valence-corrected chi connectivity index (χ3v) is 18.3. The van der Waals surface area contributed by atoms with E-state index in [1.165, 1.54) is 24.3 Å². The molecule has 2 saturated heterocycles. The molecule has 2 nitrogen and oxygen atoms in total. The van der Waals surface area contributed by atoms with E-state index in [1.807, 2.05) is 50.3 Å². The van der Waals surface area contributed by atoms with Gasteiger partial charge in [0, 0.05) is 0 Å². The molecule has 0 spiro atoms. The van der Waals surface area contributed by atoms with Gasteiger partial charge in [0.2, 0.25) is 0 Å². The Labute approximate surface area is 251 Å². The SMILES string of the molecule is CC1(CCl)CC(c2ccc(F)[c]([Ti]([C]3=CC=CC3)([C]3=CC=CC3)[c]3c(F)ccc(C4CC(C)(CCl)N4)c3F)c2F)N1. The fourth-order valence-electron chi connectivity index (χ4n) is 7.05. The number of halogens is 6. The molecule has 2 fully saturated rings. The van der Waals surface area contributed by atoms with Crippen molar-refractivity contribution in [2.45, 2.75) is 62.7 Å². The summed E-state index contributed by atoms with van der Waals surface area (Å²) in [6, 6.07) is 4.66. The first-order valence-corrected chi connectivity index (χ1v) is 18.1. The molecule has 2 heterocycles. The fraction of sp³-hybridized carbons (Fsp3) is 0.375. The van der Waals surface area contributed by atoms with Gasteiger partial charge in [0.15, 0.2) is 0 Å². The van der Waals surface area contributed by atoms with E-state index in [9.17, 15) is 0 Å². The van der Waals surface area contributed by atoms with Crippen LogP contribution >= 0.6 is 23.2 Å². The first-order valence-electron chi connectivity index (χ1n) is 13.9. The molecule has 216 valence electrons. The van der Waals surface area contributed by atoms with Gasteiger partial charge >= 0.3 is 253 Å². The monoisotopic (exact) mass is 638 g/mol. The molecule has 4 atom stereocenters. The number of alkyl halides is 2. The van der Waals surface area contributed by atoms with Gasteiger partial charge in [-0.15, -0.1) is 0 Å². The summed E-state index contributed by atoms with van der Waals surface area (Å²) in [4.78, 5) is 0. The van der Waals surface area contributed by atoms with Crippen molar-refractivity contribution in [1.29, 1.82) is 0 Å². The van der Waals surface area contributed by atoms with Gasteiger partial charge in [-0.1, -0.05) is 0 Å². The number of hydrogen-bond acceptors (Lipinski definition) is 2. The van der Waals surface area contributed by atoms with E-state index in [0.717, 1.165) is 0 Å². The molecule has 2 N–H and O–H groups in total. The van der Waals surface area contributed by atoms with E-state index in [0.29, 0.717) is 56.3 Å². The van der Waals surface area contributed by atoms with Crippen molar-refractivity contribution in [2.75, 3.05) is 11.8 Å². The third-order valence-electron chi connectivity index (χ3n) is 9.19. The molecule has 6 rings (SSSR count). The average molecular weight is 639 g/mol. The molecule has 0 aromatic heterocycles. The summed E-state index contributed by atoms with van der Waals surface area (Å²) in [7, 11) is 0. The number of benzene rings is 2. The van der Waals surface area contributed by atoms with Crippen LogP contribution in [-0.2, 0) is 16.6 Å². The van der Waals surface area contributed by atoms with E-state index in [1.54, 1.807) is 0 Å². The summed E-state index contributed by atoms with van der Waals surface area (Å²) in [5, 5.41) is 6.64. The second kappa shape index (κ2) is 10.8. The van der Waals surface area contributed by atoms with Crippen LogP contribution in [-0.4, -0.2) is 22.8 Å². The number of hydrogen-bond donors (Lipinski definition) is 2. The van der Waals surface area contributed by atoms with Crippen LogP contribution in [0.15, 0.2) is 68.5 Å². The summed E-state index contributed by atoms with van der Waals surface area (Å²) in [5.41, 5.74) is -0.122. The first kappa shape index (κ1) is 29.4. The second-order valence-corrected chi connectivity index (χ2v) is 18.7. The molecular weight excluding hydrogens is 607 g/mol. The Morgan fingerprint density at radius 3 is 1.44 bits per heavy atom. The van der Waals surface area contributed by atoms with Gasteiger partial charge in [-0.25, -0.2) is 0 Å². The summed E-state index contributed by atoms with van der Waals surface area (Å²) >= 11 is 7.34. The quantitative estimate of drug-likeness (QED) is 0.183. The molecule has 2 aromatic carbocycles. The van der Waals surface area contributed by atoms with Crippen molar-refractivity contribution >= 4 is 30.9 Å². The van der Waals surface area contributed by atoms with E-state index in [4.69, 9.17) is 23.2 Å². The Hall–Kier alpha value is -1.67. The van der Waals surface area contributed by atoms with Crippen LogP contribution in [0.2, 0.25) is 0 Å². The van der Waals surface area contributed by atoms with Crippen LogP contribution < -0.4 is 18.4 Å². The summed E-state index contributed by atoms with van der Waals surface area (Å²) in [5.74, 6) is -2.29. The average Bonchev–Trinajstić information content (AvgIpc) is 3.65. The van der Waals surface area contributed by atoms with Crippen molar-refractivity contribution in [2.24, 2.45) is 0 Å². The molecule has 9 heteroatoms. The van der Waals surface area contributed by atoms with Crippen molar-refractivity contribution in [1.82, 2.24) is 10.6 Å². The van der Waals surface area contributed by atoms with E-state index < -0.39 is 39.9 Å². The molecular formula is C32H32Cl2F4N2Ti. The van der Waals surface area contributed by atoms with Crippen LogP contribution in [0.5, 0.6) is 0 Å². The minimum absolute atomic E-state index is 0.171. The van der Waals surface area contributed by atoms with Crippen LogP contribution in [0.25, 0.3) is 0 Å². The van der Waals surface area contributed by atoms with Crippen LogP contribution in [0.4, 0.5) is 17.6 Å². The Bertz CT molecular complexity index is 1410. The maximum atomic E-state index is 17.0. The molecule has 0 bridgehead atoms. The van der Waals surface area contributed by atoms with Gasteiger partial charge in [-0.05, 0) is 0 Å². The van der Waals surface area contributed by atoms with Crippen LogP contribution in [0, 0.1) is 23.3 Å². The summed E-state index contributed by atoms with van der Waals surface area (Å²) in [6.45, 7) is 3.90. The Morgan fingerprint density at radius 1 is 0.732 bits per heavy atom. The normalized spacial score (nSPS) is 28.9. The molecule has 4 aliphatic rings. The maximum absolute atomic E-state index is 17.0. The Kier molecular flexibility index (Phi) is 7.75. The predicted octanol–water partition coefficient (Wildman–Crippen LogP) is 7.10. The number of rotatable bonds is 8. The molecule has 2 aliphatic carbocycles. The number of allylic oxidation sites excluding steroid dienone is 8. The van der Waals surface area contributed by atoms with E-state index in [2.05, 4.69) is 10.6 Å². The van der Waals surface area contributed by atoms with Crippen molar-refractivity contribution < 1.29 is 34.2 Å². The molecule has 0 amide bonds. The molecule has 0 radical (unpaired) electrons. The third kappa shape index (κ3) is 4.65. The van der Waals surface area contributed by atoms with Crippen molar-refractivity contribution in [3.05, 3.63) is 103 Å². The van der Waals surface area contributed by atoms with Crippen molar-refractivity contribution in [3.8, 4) is 0 Å². The van der Waals surface area contributed by atoms with E-state index in [-0.39, 0.29) is 30.9 Å². The molecule has 4 unspecified atom stereocenters. The molecule has 41 heavy (non-hydrogen) atoms. The minimum atomic E-state index is -4.88. The van der Waals surface area contributed by atoms with Gasteiger partial charge in [0.25, 0.3) is 0 Å². The van der Waals surface area contributed by atoms with Gasteiger partial charge in [0.05, 0.1) is 0 Å². The topological polar surface area (TPSA) is 24.1 Å². The Morgan fingerprint density at radius 2 is 1.12 bits per heavy atom. The van der Waals surface area contributed by atoms with E-state index >= 15 is 17.6 Å². The summed E-state index contributed by atoms with van der Waals surface area (Å²) in [6.07, 6.45) is 12.9. The Balaban J connectivity index is 1.61. The van der Waals surface area contributed by atoms with Gasteiger partial charge in [0.1, 0.15) is 0 Å². The standard InChI is InChI=1S/2C11H11ClF2N.2C5H5.Ti/c2*1-11(6-12)5-10(15-11)8-3-2-7(13)4-9(8)14;2*1-2-4-5-3-1;/h2*2-3,10,15H,5-6H2,1H3;2*1-3H,4H2;. The van der Waals surface area contributed by atoms with Gasteiger partial charge in [-0.3, -0.25) is 0 Å². The zero-order valence-corrected chi connectivity index (χ0v) is 26.0. The first-order chi connectivity index (χ1) is 19.6.